The van der Waals surface area contributed by atoms with Gasteiger partial charge in [0.2, 0.25) is 0 Å². The van der Waals surface area contributed by atoms with Crippen LogP contribution in [0, 0.1) is 17.8 Å². The van der Waals surface area contributed by atoms with Gasteiger partial charge in [0.1, 0.15) is 0 Å². The van der Waals surface area contributed by atoms with Crippen molar-refractivity contribution >= 4 is 0 Å². The molecule has 0 aliphatic rings. The van der Waals surface area contributed by atoms with Crippen LogP contribution in [0.3, 0.4) is 0 Å². The van der Waals surface area contributed by atoms with E-state index in [4.69, 9.17) is 4.74 Å². The van der Waals surface area contributed by atoms with Gasteiger partial charge in [-0.15, -0.1) is 0 Å². The summed E-state index contributed by atoms with van der Waals surface area (Å²) in [5.41, 5.74) is 1.52. The molecule has 2 unspecified atom stereocenters. The molecule has 216 valence electrons. The molecule has 0 aliphatic carbocycles. The number of hydrogen-bond acceptors (Lipinski definition) is 1. The molecule has 0 fully saturated rings. The van der Waals surface area contributed by atoms with Crippen LogP contribution >= 0.6 is 0 Å². The van der Waals surface area contributed by atoms with Crippen molar-refractivity contribution in [1.82, 2.24) is 0 Å². The Kier molecular flexibility index (Phi) is 27.5. The van der Waals surface area contributed by atoms with E-state index in [0.29, 0.717) is 0 Å². The van der Waals surface area contributed by atoms with E-state index >= 15 is 0 Å². The molecule has 0 aromatic heterocycles. The van der Waals surface area contributed by atoms with Crippen LogP contribution in [0.4, 0.5) is 0 Å². The third-order valence-corrected chi connectivity index (χ3v) is 8.00. The van der Waals surface area contributed by atoms with Gasteiger partial charge in [-0.25, -0.2) is 0 Å². The molecular weight excluding hydrogens is 436 g/mol. The largest absolute Gasteiger partial charge is 0.377 e. The van der Waals surface area contributed by atoms with Crippen LogP contribution in [-0.2, 0) is 4.74 Å². The van der Waals surface area contributed by atoms with Crippen LogP contribution in [0.5, 0.6) is 0 Å². The predicted molar refractivity (Wildman–Crippen MR) is 165 cm³/mol. The lowest BCUT2D eigenvalue weighted by molar-refractivity contribution is 0.156. The fraction of sp³-hybridized carbons (Fsp3) is 0.943. The maximum absolute atomic E-state index is 5.87. The molecule has 2 atom stereocenters. The highest BCUT2D eigenvalue weighted by molar-refractivity contribution is 4.97. The highest BCUT2D eigenvalue weighted by Gasteiger charge is 2.09. The summed E-state index contributed by atoms with van der Waals surface area (Å²) in [6, 6.07) is 0. The van der Waals surface area contributed by atoms with E-state index in [1.165, 1.54) is 147 Å². The summed E-state index contributed by atoms with van der Waals surface area (Å²) in [6.07, 6.45) is 33.1. The lowest BCUT2D eigenvalue weighted by atomic mass is 9.88. The smallest absolute Gasteiger partial charge is 0.0649 e. The first-order valence-corrected chi connectivity index (χ1v) is 16.7. The third kappa shape index (κ3) is 28.3. The molecule has 0 radical (unpaired) electrons. The summed E-state index contributed by atoms with van der Waals surface area (Å²) in [6.45, 7) is 16.0. The van der Waals surface area contributed by atoms with Crippen molar-refractivity contribution in [3.8, 4) is 0 Å². The molecule has 36 heavy (non-hydrogen) atoms. The number of hydrogen-bond donors (Lipinski definition) is 0. The monoisotopic (exact) mass is 507 g/mol. The fourth-order valence-electron chi connectivity index (χ4n) is 5.40. The van der Waals surface area contributed by atoms with Gasteiger partial charge in [0, 0.05) is 6.61 Å². The zero-order valence-corrected chi connectivity index (χ0v) is 26.2. The fourth-order valence-corrected chi connectivity index (χ4v) is 5.40. The van der Waals surface area contributed by atoms with Crippen molar-refractivity contribution < 1.29 is 4.74 Å². The predicted octanol–water partition coefficient (Wildman–Crippen LogP) is 12.5. The minimum atomic E-state index is 0.817. The molecule has 0 N–H and O–H groups in total. The van der Waals surface area contributed by atoms with Gasteiger partial charge in [-0.2, -0.15) is 0 Å². The SMILES string of the molecule is CCCCCCCCCCCCCC(C)=CCOCCCCCCCCC(C)CC(C)CCC(C)C. The Labute approximate surface area is 230 Å². The average Bonchev–Trinajstić information content (AvgIpc) is 2.84. The van der Waals surface area contributed by atoms with Gasteiger partial charge in [0.05, 0.1) is 6.61 Å². The molecule has 0 aromatic carbocycles. The van der Waals surface area contributed by atoms with Gasteiger partial charge < -0.3 is 4.74 Å². The molecule has 0 spiro atoms. The molecule has 0 bridgehead atoms. The third-order valence-electron chi connectivity index (χ3n) is 8.00. The Hall–Kier alpha value is -0.300. The highest BCUT2D eigenvalue weighted by atomic mass is 16.5. The van der Waals surface area contributed by atoms with Gasteiger partial charge in [-0.1, -0.05) is 162 Å². The van der Waals surface area contributed by atoms with Crippen LogP contribution in [0.25, 0.3) is 0 Å². The van der Waals surface area contributed by atoms with E-state index in [9.17, 15) is 0 Å². The van der Waals surface area contributed by atoms with Crippen LogP contribution in [-0.4, -0.2) is 13.2 Å². The lowest BCUT2D eigenvalue weighted by Crippen LogP contribution is -2.05. The molecular formula is C35H70O. The molecule has 0 saturated heterocycles. The van der Waals surface area contributed by atoms with Crippen molar-refractivity contribution in [1.29, 1.82) is 0 Å². The quantitative estimate of drug-likeness (QED) is 0.0757. The van der Waals surface area contributed by atoms with E-state index in [1.54, 1.807) is 0 Å². The maximum Gasteiger partial charge on any atom is 0.0649 e. The van der Waals surface area contributed by atoms with Crippen LogP contribution in [0.2, 0.25) is 0 Å². The van der Waals surface area contributed by atoms with Crippen LogP contribution in [0.1, 0.15) is 183 Å². The van der Waals surface area contributed by atoms with Crippen molar-refractivity contribution in [2.45, 2.75) is 183 Å². The molecule has 0 rings (SSSR count). The second-order valence-electron chi connectivity index (χ2n) is 12.7. The van der Waals surface area contributed by atoms with Crippen LogP contribution in [0.15, 0.2) is 11.6 Å². The van der Waals surface area contributed by atoms with E-state index in [1.807, 2.05) is 0 Å². The summed E-state index contributed by atoms with van der Waals surface area (Å²) >= 11 is 0. The molecule has 0 heterocycles. The van der Waals surface area contributed by atoms with Crippen molar-refractivity contribution in [2.24, 2.45) is 17.8 Å². The first-order valence-electron chi connectivity index (χ1n) is 16.7. The Morgan fingerprint density at radius 1 is 0.583 bits per heavy atom. The molecule has 0 aromatic rings. The van der Waals surface area contributed by atoms with E-state index in [0.717, 1.165) is 31.0 Å². The second kappa shape index (κ2) is 27.7. The summed E-state index contributed by atoms with van der Waals surface area (Å²) in [5, 5.41) is 0. The van der Waals surface area contributed by atoms with E-state index in [2.05, 4.69) is 47.6 Å². The highest BCUT2D eigenvalue weighted by Crippen LogP contribution is 2.23. The van der Waals surface area contributed by atoms with Gasteiger partial charge in [0.15, 0.2) is 0 Å². The van der Waals surface area contributed by atoms with E-state index < -0.39 is 0 Å². The second-order valence-corrected chi connectivity index (χ2v) is 12.7. The van der Waals surface area contributed by atoms with Crippen molar-refractivity contribution in [3.63, 3.8) is 0 Å². The van der Waals surface area contributed by atoms with E-state index in [-0.39, 0.29) is 0 Å². The van der Waals surface area contributed by atoms with Gasteiger partial charge in [-0.3, -0.25) is 0 Å². The summed E-state index contributed by atoms with van der Waals surface area (Å²) in [7, 11) is 0. The molecule has 0 aliphatic heterocycles. The minimum absolute atomic E-state index is 0.817. The number of allylic oxidation sites excluding steroid dienone is 1. The summed E-state index contributed by atoms with van der Waals surface area (Å²) in [5.74, 6) is 2.68. The topological polar surface area (TPSA) is 9.23 Å². The minimum Gasteiger partial charge on any atom is -0.377 e. The first-order chi connectivity index (χ1) is 17.5. The van der Waals surface area contributed by atoms with Gasteiger partial charge in [-0.05, 0) is 50.4 Å². The Morgan fingerprint density at radius 2 is 1.08 bits per heavy atom. The zero-order valence-electron chi connectivity index (χ0n) is 26.2. The molecule has 0 amide bonds. The van der Waals surface area contributed by atoms with Gasteiger partial charge >= 0.3 is 0 Å². The Balaban J connectivity index is 3.36. The molecule has 1 heteroatoms. The average molecular weight is 507 g/mol. The lowest BCUT2D eigenvalue weighted by Gasteiger charge is -2.18. The molecule has 1 nitrogen and oxygen atoms in total. The normalized spacial score (nSPS) is 14.0. The Morgan fingerprint density at radius 3 is 1.67 bits per heavy atom. The van der Waals surface area contributed by atoms with Crippen molar-refractivity contribution in [3.05, 3.63) is 11.6 Å². The standard InChI is InChI=1S/C35H70O/c1-7-8-9-10-11-12-13-14-15-18-21-24-33(4)28-30-36-29-23-20-17-16-19-22-25-34(5)31-35(6)27-26-32(2)3/h28,32,34-35H,7-27,29-31H2,1-6H3. The first kappa shape index (κ1) is 35.7. The maximum atomic E-state index is 5.87. The number of ether oxygens (including phenoxy) is 1. The van der Waals surface area contributed by atoms with Crippen molar-refractivity contribution in [2.75, 3.05) is 13.2 Å². The van der Waals surface area contributed by atoms with Crippen LogP contribution < -0.4 is 0 Å². The zero-order chi connectivity index (χ0) is 26.7. The number of rotatable bonds is 28. The summed E-state index contributed by atoms with van der Waals surface area (Å²) < 4.78 is 5.87. The van der Waals surface area contributed by atoms with Gasteiger partial charge in [0.25, 0.3) is 0 Å². The summed E-state index contributed by atoms with van der Waals surface area (Å²) in [4.78, 5) is 0. The number of unbranched alkanes of at least 4 members (excludes halogenated alkanes) is 15. The molecule has 0 saturated carbocycles. The Bertz CT molecular complexity index is 452.